The third-order valence-corrected chi connectivity index (χ3v) is 2.16. The summed E-state index contributed by atoms with van der Waals surface area (Å²) in [5.74, 6) is -1.70. The maximum absolute atomic E-state index is 13.1. The van der Waals surface area contributed by atoms with E-state index in [9.17, 15) is 14.0 Å². The second kappa shape index (κ2) is 4.88. The molecule has 0 atom stereocenters. The van der Waals surface area contributed by atoms with Crippen LogP contribution in [-0.2, 0) is 4.79 Å². The van der Waals surface area contributed by atoms with Gasteiger partial charge in [0.15, 0.2) is 0 Å². The Morgan fingerprint density at radius 1 is 1.47 bits per heavy atom. The highest BCUT2D eigenvalue weighted by atomic mass is 79.9. The van der Waals surface area contributed by atoms with Crippen LogP contribution in [0.5, 0.6) is 0 Å². The van der Waals surface area contributed by atoms with Crippen molar-refractivity contribution in [1.82, 2.24) is 0 Å². The van der Waals surface area contributed by atoms with Gasteiger partial charge in [-0.3, -0.25) is 9.59 Å². The Morgan fingerprint density at radius 3 is 2.67 bits per heavy atom. The van der Waals surface area contributed by atoms with Crippen molar-refractivity contribution in [3.63, 3.8) is 0 Å². The number of carbonyl (C=O) groups excluding carboxylic acids is 2. The van der Waals surface area contributed by atoms with Gasteiger partial charge < -0.3 is 11.1 Å². The first-order valence-electron chi connectivity index (χ1n) is 3.99. The lowest BCUT2D eigenvalue weighted by atomic mass is 10.2. The van der Waals surface area contributed by atoms with E-state index < -0.39 is 17.6 Å². The van der Waals surface area contributed by atoms with Gasteiger partial charge in [0.25, 0.3) is 0 Å². The summed E-state index contributed by atoms with van der Waals surface area (Å²) >= 11 is 2.92. The van der Waals surface area contributed by atoms with E-state index in [1.807, 2.05) is 0 Å². The van der Waals surface area contributed by atoms with Crippen molar-refractivity contribution in [3.05, 3.63) is 29.6 Å². The molecule has 0 aliphatic carbocycles. The number of alkyl halides is 1. The highest BCUT2D eigenvalue weighted by molar-refractivity contribution is 9.09. The second-order valence-corrected chi connectivity index (χ2v) is 3.30. The number of carbonyl (C=O) groups is 2. The molecule has 0 aliphatic rings. The van der Waals surface area contributed by atoms with Crippen molar-refractivity contribution in [2.24, 2.45) is 5.73 Å². The van der Waals surface area contributed by atoms with Crippen molar-refractivity contribution in [2.75, 3.05) is 10.6 Å². The highest BCUT2D eigenvalue weighted by Gasteiger charge is 2.09. The molecular formula is C9H8BrFN2O2. The number of hydrogen-bond donors (Lipinski definition) is 2. The van der Waals surface area contributed by atoms with Gasteiger partial charge in [-0.1, -0.05) is 15.9 Å². The van der Waals surface area contributed by atoms with Gasteiger partial charge in [0.2, 0.25) is 11.8 Å². The van der Waals surface area contributed by atoms with Crippen LogP contribution in [0.15, 0.2) is 18.2 Å². The summed E-state index contributed by atoms with van der Waals surface area (Å²) in [5.41, 5.74) is 5.09. The fourth-order valence-electron chi connectivity index (χ4n) is 0.958. The third kappa shape index (κ3) is 3.02. The standard InChI is InChI=1S/C9H8BrFN2O2/c10-4-8(14)13-7-3-5(9(12)15)1-2-6(7)11/h1-3H,4H2,(H2,12,15)(H,13,14). The zero-order valence-electron chi connectivity index (χ0n) is 7.59. The Hall–Kier alpha value is -1.43. The lowest BCUT2D eigenvalue weighted by molar-refractivity contribution is -0.113. The van der Waals surface area contributed by atoms with Crippen LogP contribution >= 0.6 is 15.9 Å². The van der Waals surface area contributed by atoms with Crippen LogP contribution < -0.4 is 11.1 Å². The minimum Gasteiger partial charge on any atom is -0.366 e. The molecule has 0 fully saturated rings. The fraction of sp³-hybridized carbons (Fsp3) is 0.111. The number of anilines is 1. The molecule has 4 nitrogen and oxygen atoms in total. The third-order valence-electron chi connectivity index (χ3n) is 1.65. The molecule has 15 heavy (non-hydrogen) atoms. The van der Waals surface area contributed by atoms with E-state index in [2.05, 4.69) is 21.2 Å². The molecule has 0 heterocycles. The number of halogens is 2. The van der Waals surface area contributed by atoms with Crippen molar-refractivity contribution < 1.29 is 14.0 Å². The molecule has 6 heteroatoms. The van der Waals surface area contributed by atoms with E-state index in [4.69, 9.17) is 5.73 Å². The lowest BCUT2D eigenvalue weighted by Crippen LogP contribution is -2.16. The molecule has 80 valence electrons. The smallest absolute Gasteiger partial charge is 0.248 e. The van der Waals surface area contributed by atoms with Crippen LogP contribution in [0, 0.1) is 5.82 Å². The van der Waals surface area contributed by atoms with E-state index in [1.165, 1.54) is 12.1 Å². The summed E-state index contributed by atoms with van der Waals surface area (Å²) in [6.07, 6.45) is 0. The van der Waals surface area contributed by atoms with Crippen LogP contribution in [0.1, 0.15) is 10.4 Å². The van der Waals surface area contributed by atoms with Gasteiger partial charge >= 0.3 is 0 Å². The number of hydrogen-bond acceptors (Lipinski definition) is 2. The van der Waals surface area contributed by atoms with Crippen molar-refractivity contribution in [3.8, 4) is 0 Å². The number of nitrogens with two attached hydrogens (primary N) is 1. The molecule has 2 amide bonds. The first-order valence-corrected chi connectivity index (χ1v) is 5.12. The summed E-state index contributed by atoms with van der Waals surface area (Å²) in [6.45, 7) is 0. The van der Waals surface area contributed by atoms with E-state index in [1.54, 1.807) is 0 Å². The highest BCUT2D eigenvalue weighted by Crippen LogP contribution is 2.15. The number of nitrogens with one attached hydrogen (secondary N) is 1. The molecule has 0 saturated heterocycles. The average molecular weight is 275 g/mol. The average Bonchev–Trinajstić information content (AvgIpc) is 2.20. The van der Waals surface area contributed by atoms with Gasteiger partial charge in [-0.15, -0.1) is 0 Å². The molecule has 0 saturated carbocycles. The first kappa shape index (κ1) is 11.6. The van der Waals surface area contributed by atoms with Gasteiger partial charge in [0.05, 0.1) is 11.0 Å². The van der Waals surface area contributed by atoms with Crippen LogP contribution in [-0.4, -0.2) is 17.1 Å². The Kier molecular flexibility index (Phi) is 3.79. The minimum atomic E-state index is -0.677. The summed E-state index contributed by atoms with van der Waals surface area (Å²) in [6, 6.07) is 3.52. The van der Waals surface area contributed by atoms with Crippen LogP contribution in [0.2, 0.25) is 0 Å². The molecule has 1 aromatic rings. The molecule has 3 N–H and O–H groups in total. The van der Waals surface area contributed by atoms with E-state index >= 15 is 0 Å². The molecule has 0 unspecified atom stereocenters. The van der Waals surface area contributed by atoms with E-state index in [-0.39, 0.29) is 16.6 Å². The number of primary amides is 1. The zero-order valence-corrected chi connectivity index (χ0v) is 9.17. The second-order valence-electron chi connectivity index (χ2n) is 2.74. The van der Waals surface area contributed by atoms with E-state index in [0.717, 1.165) is 6.07 Å². The van der Waals surface area contributed by atoms with Crippen LogP contribution in [0.4, 0.5) is 10.1 Å². The van der Waals surface area contributed by atoms with Crippen LogP contribution in [0.25, 0.3) is 0 Å². The van der Waals surface area contributed by atoms with Crippen molar-refractivity contribution in [2.45, 2.75) is 0 Å². The lowest BCUT2D eigenvalue weighted by Gasteiger charge is -2.05. The Labute approximate surface area is 93.8 Å². The molecule has 1 rings (SSSR count). The molecule has 0 radical (unpaired) electrons. The SMILES string of the molecule is NC(=O)c1ccc(F)c(NC(=O)CBr)c1. The maximum Gasteiger partial charge on any atom is 0.248 e. The minimum absolute atomic E-state index is 0.0488. The summed E-state index contributed by atoms with van der Waals surface area (Å²) < 4.78 is 13.1. The van der Waals surface area contributed by atoms with Crippen LogP contribution in [0.3, 0.4) is 0 Å². The molecule has 0 aliphatic heterocycles. The van der Waals surface area contributed by atoms with Gasteiger partial charge in [-0.05, 0) is 18.2 Å². The summed E-state index contributed by atoms with van der Waals surface area (Å²) in [4.78, 5) is 21.8. The number of rotatable bonds is 3. The first-order chi connectivity index (χ1) is 7.04. The summed E-state index contributed by atoms with van der Waals surface area (Å²) in [5, 5.41) is 2.34. The molecule has 1 aromatic carbocycles. The van der Waals surface area contributed by atoms with Gasteiger partial charge in [-0.25, -0.2) is 4.39 Å². The Balaban J connectivity index is 3.00. The number of benzene rings is 1. The summed E-state index contributed by atoms with van der Waals surface area (Å²) in [7, 11) is 0. The molecule has 0 spiro atoms. The van der Waals surface area contributed by atoms with Gasteiger partial charge in [0.1, 0.15) is 5.82 Å². The Morgan fingerprint density at radius 2 is 2.13 bits per heavy atom. The molecular weight excluding hydrogens is 267 g/mol. The molecule has 0 aromatic heterocycles. The monoisotopic (exact) mass is 274 g/mol. The van der Waals surface area contributed by atoms with Gasteiger partial charge in [0, 0.05) is 5.56 Å². The predicted molar refractivity (Wildman–Crippen MR) is 57.3 cm³/mol. The molecule has 0 bridgehead atoms. The topological polar surface area (TPSA) is 72.2 Å². The maximum atomic E-state index is 13.1. The van der Waals surface area contributed by atoms with Crippen molar-refractivity contribution in [1.29, 1.82) is 0 Å². The van der Waals surface area contributed by atoms with Gasteiger partial charge in [-0.2, -0.15) is 0 Å². The fourth-order valence-corrected chi connectivity index (χ4v) is 1.10. The van der Waals surface area contributed by atoms with E-state index in [0.29, 0.717) is 0 Å². The largest absolute Gasteiger partial charge is 0.366 e. The quantitative estimate of drug-likeness (QED) is 0.815. The number of amides is 2. The van der Waals surface area contributed by atoms with Crippen molar-refractivity contribution >= 4 is 33.4 Å². The normalized spacial score (nSPS) is 9.73. The zero-order chi connectivity index (χ0) is 11.4. The predicted octanol–water partition coefficient (Wildman–Crippen LogP) is 1.26. The Bertz CT molecular complexity index is 409.